The first-order valence-corrected chi connectivity index (χ1v) is 10.8. The van der Waals surface area contributed by atoms with E-state index in [2.05, 4.69) is 12.2 Å². The molecular weight excluding hydrogens is 322 g/mol. The average Bonchev–Trinajstić information content (AvgIpc) is 2.44. The van der Waals surface area contributed by atoms with Crippen LogP contribution in [0.25, 0.3) is 0 Å². The Labute approximate surface area is 149 Å². The van der Waals surface area contributed by atoms with E-state index in [-0.39, 0.29) is 11.9 Å². The molecule has 0 spiro atoms. The van der Waals surface area contributed by atoms with Crippen molar-refractivity contribution in [3.05, 3.63) is 0 Å². The van der Waals surface area contributed by atoms with Crippen molar-refractivity contribution in [2.24, 2.45) is 11.3 Å². The second-order valence-electron chi connectivity index (χ2n) is 9.15. The van der Waals surface area contributed by atoms with E-state index in [0.717, 1.165) is 37.9 Å². The van der Waals surface area contributed by atoms with Crippen molar-refractivity contribution >= 4 is 17.7 Å². The number of carbonyl (C=O) groups is 1. The molecule has 0 heterocycles. The molecule has 5 rings (SSSR count). The molecule has 24 heavy (non-hydrogen) atoms. The summed E-state index contributed by atoms with van der Waals surface area (Å²) >= 11 is 2.01. The summed E-state index contributed by atoms with van der Waals surface area (Å²) in [5.41, 5.74) is -2.18. The Morgan fingerprint density at radius 3 is 2.46 bits per heavy atom. The summed E-state index contributed by atoms with van der Waals surface area (Å²) in [6.07, 6.45) is 8.52. The lowest BCUT2D eigenvalue weighted by atomic mass is 9.46. The molecule has 1 amide bonds. The number of rotatable bonds is 4. The van der Waals surface area contributed by atoms with Gasteiger partial charge in [-0.15, -0.1) is 0 Å². The zero-order valence-corrected chi connectivity index (χ0v) is 15.5. The minimum absolute atomic E-state index is 0.107. The third-order valence-electron chi connectivity index (χ3n) is 6.86. The summed E-state index contributed by atoms with van der Waals surface area (Å²) in [5, 5.41) is 25.7. The Hall–Kier alpha value is -0.260. The number of nitrogens with one attached hydrogen (secondary N) is 1. The maximum Gasteiger partial charge on any atom is 0.226 e. The summed E-state index contributed by atoms with van der Waals surface area (Å²) in [6.45, 7) is 2.20. The van der Waals surface area contributed by atoms with Crippen LogP contribution in [0.15, 0.2) is 0 Å². The van der Waals surface area contributed by atoms with E-state index < -0.39 is 16.6 Å². The lowest BCUT2D eigenvalue weighted by molar-refractivity contribution is -0.228. The van der Waals surface area contributed by atoms with Crippen molar-refractivity contribution in [1.82, 2.24) is 5.32 Å². The molecule has 5 fully saturated rings. The molecule has 3 N–H and O–H groups in total. The van der Waals surface area contributed by atoms with Gasteiger partial charge in [-0.2, -0.15) is 11.8 Å². The zero-order chi connectivity index (χ0) is 17.0. The van der Waals surface area contributed by atoms with Gasteiger partial charge in [0.05, 0.1) is 16.6 Å². The highest BCUT2D eigenvalue weighted by atomic mass is 32.2. The molecule has 5 heteroatoms. The van der Waals surface area contributed by atoms with Crippen LogP contribution in [-0.2, 0) is 4.79 Å². The van der Waals surface area contributed by atoms with Crippen LogP contribution in [0.1, 0.15) is 71.1 Å². The SMILES string of the molecule is CCSC1CCCC(NC(=O)C23CC4CC(O)(CC(O)(C4)C2)C3)C1. The molecule has 4 nitrogen and oxygen atoms in total. The van der Waals surface area contributed by atoms with Gasteiger partial charge >= 0.3 is 0 Å². The van der Waals surface area contributed by atoms with Gasteiger partial charge in [-0.25, -0.2) is 0 Å². The van der Waals surface area contributed by atoms with Crippen molar-refractivity contribution in [2.45, 2.75) is 93.6 Å². The lowest BCUT2D eigenvalue weighted by Crippen LogP contribution is -2.67. The van der Waals surface area contributed by atoms with E-state index >= 15 is 0 Å². The predicted octanol–water partition coefficient (Wildman–Crippen LogP) is 2.61. The van der Waals surface area contributed by atoms with Crippen molar-refractivity contribution in [3.8, 4) is 0 Å². The van der Waals surface area contributed by atoms with Crippen molar-refractivity contribution in [3.63, 3.8) is 0 Å². The molecule has 4 atom stereocenters. The highest BCUT2D eigenvalue weighted by Gasteiger charge is 2.65. The fourth-order valence-corrected chi connectivity index (χ4v) is 7.76. The largest absolute Gasteiger partial charge is 0.390 e. The molecule has 136 valence electrons. The quantitative estimate of drug-likeness (QED) is 0.727. The third kappa shape index (κ3) is 3.01. The maximum atomic E-state index is 13.2. The molecule has 5 saturated carbocycles. The van der Waals surface area contributed by atoms with Crippen LogP contribution in [0.3, 0.4) is 0 Å². The Kier molecular flexibility index (Phi) is 4.21. The number of hydrogen-bond donors (Lipinski definition) is 3. The van der Waals surface area contributed by atoms with E-state index in [4.69, 9.17) is 0 Å². The second-order valence-corrected chi connectivity index (χ2v) is 10.7. The van der Waals surface area contributed by atoms with Gasteiger partial charge in [0.1, 0.15) is 0 Å². The zero-order valence-electron chi connectivity index (χ0n) is 14.7. The van der Waals surface area contributed by atoms with Gasteiger partial charge in [0.25, 0.3) is 0 Å². The van der Waals surface area contributed by atoms with Gasteiger partial charge < -0.3 is 15.5 Å². The van der Waals surface area contributed by atoms with Gasteiger partial charge in [0, 0.05) is 17.7 Å². The first-order valence-electron chi connectivity index (χ1n) is 9.71. The fourth-order valence-electron chi connectivity index (χ4n) is 6.59. The topological polar surface area (TPSA) is 69.6 Å². The fraction of sp³-hybridized carbons (Fsp3) is 0.947. The van der Waals surface area contributed by atoms with Crippen LogP contribution in [-0.4, -0.2) is 44.4 Å². The number of thioether (sulfide) groups is 1. The third-order valence-corrected chi connectivity index (χ3v) is 8.09. The number of carbonyl (C=O) groups excluding carboxylic acids is 1. The highest BCUT2D eigenvalue weighted by Crippen LogP contribution is 2.63. The van der Waals surface area contributed by atoms with E-state index in [1.54, 1.807) is 0 Å². The van der Waals surface area contributed by atoms with Crippen molar-refractivity contribution in [2.75, 3.05) is 5.75 Å². The molecule has 0 aromatic heterocycles. The van der Waals surface area contributed by atoms with Crippen molar-refractivity contribution < 1.29 is 15.0 Å². The van der Waals surface area contributed by atoms with Crippen LogP contribution >= 0.6 is 11.8 Å². The summed E-state index contributed by atoms with van der Waals surface area (Å²) < 4.78 is 0. The molecule has 4 bridgehead atoms. The summed E-state index contributed by atoms with van der Waals surface area (Å²) in [6, 6.07) is 0.271. The van der Waals surface area contributed by atoms with Gasteiger partial charge in [-0.3, -0.25) is 4.79 Å². The second kappa shape index (κ2) is 5.88. The van der Waals surface area contributed by atoms with E-state index in [1.807, 2.05) is 11.8 Å². The molecule has 5 aliphatic carbocycles. The Bertz CT molecular complexity index is 505. The summed E-state index contributed by atoms with van der Waals surface area (Å²) in [4.78, 5) is 13.2. The van der Waals surface area contributed by atoms with Gasteiger partial charge in [-0.05, 0) is 63.0 Å². The highest BCUT2D eigenvalue weighted by molar-refractivity contribution is 7.99. The molecule has 0 radical (unpaired) electrons. The van der Waals surface area contributed by atoms with Crippen LogP contribution in [0.2, 0.25) is 0 Å². The predicted molar refractivity (Wildman–Crippen MR) is 95.8 cm³/mol. The first kappa shape index (κ1) is 17.2. The monoisotopic (exact) mass is 353 g/mol. The Balaban J connectivity index is 1.46. The molecule has 0 aromatic carbocycles. The van der Waals surface area contributed by atoms with E-state index in [0.29, 0.717) is 30.4 Å². The summed E-state index contributed by atoms with van der Waals surface area (Å²) in [7, 11) is 0. The molecule has 0 aromatic rings. The maximum absolute atomic E-state index is 13.2. The van der Waals surface area contributed by atoms with E-state index in [9.17, 15) is 15.0 Å². The number of amides is 1. The lowest BCUT2D eigenvalue weighted by Gasteiger charge is -2.62. The molecule has 5 aliphatic rings. The molecular formula is C19H31NO3S. The van der Waals surface area contributed by atoms with Crippen molar-refractivity contribution in [1.29, 1.82) is 0 Å². The molecule has 0 aliphatic heterocycles. The minimum atomic E-state index is -0.821. The van der Waals surface area contributed by atoms with Gasteiger partial charge in [0.2, 0.25) is 5.91 Å². The first-order chi connectivity index (χ1) is 11.3. The number of hydrogen-bond acceptors (Lipinski definition) is 4. The Morgan fingerprint density at radius 1 is 1.12 bits per heavy atom. The van der Waals surface area contributed by atoms with Gasteiger partial charge in [-0.1, -0.05) is 13.3 Å². The van der Waals surface area contributed by atoms with Crippen LogP contribution in [0, 0.1) is 11.3 Å². The van der Waals surface area contributed by atoms with Crippen LogP contribution < -0.4 is 5.32 Å². The Morgan fingerprint density at radius 2 is 1.83 bits per heavy atom. The number of aliphatic hydroxyl groups is 2. The minimum Gasteiger partial charge on any atom is -0.390 e. The molecule has 0 saturated heterocycles. The van der Waals surface area contributed by atoms with Crippen LogP contribution in [0.5, 0.6) is 0 Å². The van der Waals surface area contributed by atoms with Crippen LogP contribution in [0.4, 0.5) is 0 Å². The molecule has 4 unspecified atom stereocenters. The standard InChI is InChI=1S/C19H31NO3S/c1-2-24-15-5-3-4-14(6-15)20-16(21)17-7-13-8-18(22,10-17)12-19(23,9-13)11-17/h13-15,22-23H,2-12H2,1H3,(H,20,21). The smallest absolute Gasteiger partial charge is 0.226 e. The van der Waals surface area contributed by atoms with Gasteiger partial charge in [0.15, 0.2) is 0 Å². The summed E-state index contributed by atoms with van der Waals surface area (Å²) in [5.74, 6) is 1.55. The van der Waals surface area contributed by atoms with E-state index in [1.165, 1.54) is 12.8 Å². The normalized spacial score (nSPS) is 50.0. The average molecular weight is 354 g/mol.